The predicted octanol–water partition coefficient (Wildman–Crippen LogP) is 1.47. The van der Waals surface area contributed by atoms with Gasteiger partial charge >= 0.3 is 12.1 Å². The molecule has 128 valence electrons. The molecule has 0 saturated carbocycles. The lowest BCUT2D eigenvalue weighted by molar-refractivity contribution is 0.152. The maximum absolute atomic E-state index is 11.5. The zero-order valence-electron chi connectivity index (χ0n) is 13.4. The molecule has 0 aliphatic carbocycles. The number of ether oxygens (including phenoxy) is 3. The molecule has 0 radical (unpaired) electrons. The molecule has 1 aromatic carbocycles. The normalized spacial score (nSPS) is 9.65. The molecule has 0 unspecified atom stereocenters. The summed E-state index contributed by atoms with van der Waals surface area (Å²) >= 11 is 0. The van der Waals surface area contributed by atoms with Crippen LogP contribution in [0, 0.1) is 0 Å². The van der Waals surface area contributed by atoms with Crippen molar-refractivity contribution in [2.24, 2.45) is 0 Å². The number of alkyl carbamates (subject to hydrolysis) is 1. The van der Waals surface area contributed by atoms with Gasteiger partial charge in [0.1, 0.15) is 0 Å². The molecule has 0 spiro atoms. The minimum atomic E-state index is -0.509. The molecule has 8 nitrogen and oxygen atoms in total. The van der Waals surface area contributed by atoms with Crippen molar-refractivity contribution in [3.8, 4) is 11.5 Å². The van der Waals surface area contributed by atoms with Crippen molar-refractivity contribution in [2.75, 3.05) is 33.0 Å². The first kappa shape index (κ1) is 18.4. The van der Waals surface area contributed by atoms with Crippen LogP contribution in [0.1, 0.15) is 13.8 Å². The molecule has 3 amide bonds. The smallest absolute Gasteiger partial charge is 0.407 e. The van der Waals surface area contributed by atoms with Crippen molar-refractivity contribution < 1.29 is 23.8 Å². The van der Waals surface area contributed by atoms with E-state index in [1.54, 1.807) is 19.1 Å². The van der Waals surface area contributed by atoms with Gasteiger partial charge in [0, 0.05) is 13.1 Å². The molecule has 0 aliphatic rings. The van der Waals surface area contributed by atoms with Crippen molar-refractivity contribution in [3.05, 3.63) is 24.3 Å². The van der Waals surface area contributed by atoms with Gasteiger partial charge in [-0.3, -0.25) is 0 Å². The highest BCUT2D eigenvalue weighted by Crippen LogP contribution is 2.25. The topological polar surface area (TPSA) is 97.9 Å². The van der Waals surface area contributed by atoms with Crippen molar-refractivity contribution in [1.82, 2.24) is 16.0 Å². The Labute approximate surface area is 135 Å². The van der Waals surface area contributed by atoms with E-state index in [1.165, 1.54) is 0 Å². The Hall–Kier alpha value is -2.64. The molecule has 1 rings (SSSR count). The SMILES string of the molecule is CCOC(=O)NCCNC(=O)NCOc1ccccc1OCC. The molecule has 0 atom stereocenters. The number of rotatable bonds is 9. The summed E-state index contributed by atoms with van der Waals surface area (Å²) in [6.45, 7) is 4.99. The number of nitrogens with one attached hydrogen (secondary N) is 3. The monoisotopic (exact) mass is 325 g/mol. The van der Waals surface area contributed by atoms with E-state index in [9.17, 15) is 9.59 Å². The van der Waals surface area contributed by atoms with Gasteiger partial charge in [0.05, 0.1) is 13.2 Å². The summed E-state index contributed by atoms with van der Waals surface area (Å²) in [5.41, 5.74) is 0. The van der Waals surface area contributed by atoms with Crippen LogP contribution in [-0.2, 0) is 4.74 Å². The second-order valence-corrected chi connectivity index (χ2v) is 4.25. The lowest BCUT2D eigenvalue weighted by Gasteiger charge is -2.12. The first-order valence-corrected chi connectivity index (χ1v) is 7.44. The lowest BCUT2D eigenvalue weighted by Crippen LogP contribution is -2.41. The number of benzene rings is 1. The summed E-state index contributed by atoms with van der Waals surface area (Å²) in [6, 6.07) is 6.81. The van der Waals surface area contributed by atoms with Crippen LogP contribution in [0.25, 0.3) is 0 Å². The van der Waals surface area contributed by atoms with Crippen LogP contribution in [0.2, 0.25) is 0 Å². The number of para-hydroxylation sites is 2. The predicted molar refractivity (Wildman–Crippen MR) is 84.7 cm³/mol. The highest BCUT2D eigenvalue weighted by atomic mass is 16.5. The fraction of sp³-hybridized carbons (Fsp3) is 0.467. The molecule has 0 aromatic heterocycles. The Morgan fingerprint density at radius 3 is 2.22 bits per heavy atom. The van der Waals surface area contributed by atoms with Crippen molar-refractivity contribution in [2.45, 2.75) is 13.8 Å². The zero-order chi connectivity index (χ0) is 16.9. The van der Waals surface area contributed by atoms with E-state index in [4.69, 9.17) is 9.47 Å². The maximum Gasteiger partial charge on any atom is 0.407 e. The van der Waals surface area contributed by atoms with E-state index in [-0.39, 0.29) is 19.8 Å². The van der Waals surface area contributed by atoms with Gasteiger partial charge in [-0.25, -0.2) is 9.59 Å². The van der Waals surface area contributed by atoms with Crippen LogP contribution < -0.4 is 25.4 Å². The lowest BCUT2D eigenvalue weighted by atomic mass is 10.3. The Bertz CT molecular complexity index is 496. The zero-order valence-corrected chi connectivity index (χ0v) is 13.4. The highest BCUT2D eigenvalue weighted by Gasteiger charge is 2.05. The quantitative estimate of drug-likeness (QED) is 0.472. The number of carbonyl (C=O) groups is 2. The molecule has 3 N–H and O–H groups in total. The number of urea groups is 1. The summed E-state index contributed by atoms with van der Waals surface area (Å²) in [7, 11) is 0. The summed E-state index contributed by atoms with van der Waals surface area (Å²) in [4.78, 5) is 22.5. The molecule has 0 bridgehead atoms. The standard InChI is InChI=1S/C15H23N3O5/c1-3-21-12-7-5-6-8-13(12)23-11-18-14(19)16-9-10-17-15(20)22-4-2/h5-8H,3-4,9-11H2,1-2H3,(H,17,20)(H2,16,18,19). The Morgan fingerprint density at radius 2 is 1.57 bits per heavy atom. The van der Waals surface area contributed by atoms with Crippen LogP contribution in [0.3, 0.4) is 0 Å². The molecule has 0 saturated heterocycles. The maximum atomic E-state index is 11.5. The van der Waals surface area contributed by atoms with E-state index in [1.807, 2.05) is 19.1 Å². The van der Waals surface area contributed by atoms with Gasteiger partial charge < -0.3 is 30.2 Å². The molecular weight excluding hydrogens is 302 g/mol. The average molecular weight is 325 g/mol. The van der Waals surface area contributed by atoms with Gasteiger partial charge in [-0.2, -0.15) is 0 Å². The van der Waals surface area contributed by atoms with Crippen molar-refractivity contribution in [1.29, 1.82) is 0 Å². The largest absolute Gasteiger partial charge is 0.490 e. The van der Waals surface area contributed by atoms with E-state index in [0.29, 0.717) is 24.7 Å². The first-order chi connectivity index (χ1) is 11.2. The minimum Gasteiger partial charge on any atom is -0.490 e. The number of amides is 3. The summed E-state index contributed by atoms with van der Waals surface area (Å²) in [5.74, 6) is 1.18. The van der Waals surface area contributed by atoms with E-state index in [0.717, 1.165) is 0 Å². The van der Waals surface area contributed by atoms with Gasteiger partial charge in [-0.05, 0) is 26.0 Å². The number of carbonyl (C=O) groups excluding carboxylic acids is 2. The number of hydrogen-bond acceptors (Lipinski definition) is 5. The Morgan fingerprint density at radius 1 is 0.913 bits per heavy atom. The van der Waals surface area contributed by atoms with E-state index in [2.05, 4.69) is 20.7 Å². The van der Waals surface area contributed by atoms with Gasteiger partial charge in [0.2, 0.25) is 0 Å². The van der Waals surface area contributed by atoms with Gasteiger partial charge in [0.25, 0.3) is 0 Å². The summed E-state index contributed by atoms with van der Waals surface area (Å²) < 4.78 is 15.5. The molecule has 0 heterocycles. The summed E-state index contributed by atoms with van der Waals surface area (Å²) in [5, 5.41) is 7.61. The van der Waals surface area contributed by atoms with Gasteiger partial charge in [-0.1, -0.05) is 12.1 Å². The van der Waals surface area contributed by atoms with Crippen LogP contribution in [-0.4, -0.2) is 45.2 Å². The second-order valence-electron chi connectivity index (χ2n) is 4.25. The molecule has 0 aliphatic heterocycles. The molecule has 8 heteroatoms. The second kappa shape index (κ2) is 11.0. The van der Waals surface area contributed by atoms with Gasteiger partial charge in [-0.15, -0.1) is 0 Å². The van der Waals surface area contributed by atoms with Crippen molar-refractivity contribution in [3.63, 3.8) is 0 Å². The molecule has 1 aromatic rings. The fourth-order valence-electron chi connectivity index (χ4n) is 1.61. The van der Waals surface area contributed by atoms with Crippen LogP contribution in [0.4, 0.5) is 9.59 Å². The summed E-state index contributed by atoms with van der Waals surface area (Å²) in [6.07, 6.45) is -0.509. The van der Waals surface area contributed by atoms with Crippen LogP contribution in [0.15, 0.2) is 24.3 Å². The van der Waals surface area contributed by atoms with Crippen LogP contribution in [0.5, 0.6) is 11.5 Å². The average Bonchev–Trinajstić information content (AvgIpc) is 2.54. The fourth-order valence-corrected chi connectivity index (χ4v) is 1.61. The third kappa shape index (κ3) is 7.79. The first-order valence-electron chi connectivity index (χ1n) is 7.44. The van der Waals surface area contributed by atoms with Crippen molar-refractivity contribution >= 4 is 12.1 Å². The molecular formula is C15H23N3O5. The Kier molecular flexibility index (Phi) is 8.80. The highest BCUT2D eigenvalue weighted by molar-refractivity contribution is 5.73. The molecule has 23 heavy (non-hydrogen) atoms. The van der Waals surface area contributed by atoms with E-state index >= 15 is 0 Å². The Balaban J connectivity index is 2.18. The third-order valence-electron chi connectivity index (χ3n) is 2.56. The molecule has 0 fully saturated rings. The third-order valence-corrected chi connectivity index (χ3v) is 2.56. The van der Waals surface area contributed by atoms with Crippen LogP contribution >= 0.6 is 0 Å². The van der Waals surface area contributed by atoms with Gasteiger partial charge in [0.15, 0.2) is 18.2 Å². The number of hydrogen-bond donors (Lipinski definition) is 3. The minimum absolute atomic E-state index is 0.00122. The van der Waals surface area contributed by atoms with E-state index < -0.39 is 12.1 Å².